The molecule has 0 fully saturated rings. The zero-order valence-electron chi connectivity index (χ0n) is 14.5. The first-order valence-corrected chi connectivity index (χ1v) is 8.56. The van der Waals surface area contributed by atoms with E-state index in [0.29, 0.717) is 5.69 Å². The summed E-state index contributed by atoms with van der Waals surface area (Å²) in [5.74, 6) is 0. The van der Waals surface area contributed by atoms with E-state index in [0.717, 1.165) is 21.8 Å². The Labute approximate surface area is 160 Å². The van der Waals surface area contributed by atoms with Gasteiger partial charge in [0.15, 0.2) is 0 Å². The van der Waals surface area contributed by atoms with Crippen LogP contribution in [0.2, 0.25) is 0 Å². The van der Waals surface area contributed by atoms with Crippen molar-refractivity contribution < 1.29 is 4.79 Å². The molecule has 0 saturated carbocycles. The molecule has 7 nitrogen and oxygen atoms in total. The molecule has 136 valence electrons. The molecule has 27 heavy (non-hydrogen) atoms. The average Bonchev–Trinajstić information content (AvgIpc) is 3.44. The van der Waals surface area contributed by atoms with E-state index in [1.165, 1.54) is 5.56 Å². The van der Waals surface area contributed by atoms with Gasteiger partial charge >= 0.3 is 0 Å². The highest BCUT2D eigenvalue weighted by atomic mass is 32.1. The van der Waals surface area contributed by atoms with Crippen molar-refractivity contribution in [3.63, 3.8) is 0 Å². The summed E-state index contributed by atoms with van der Waals surface area (Å²) >= 11 is 3.80. The van der Waals surface area contributed by atoms with Gasteiger partial charge in [0.2, 0.25) is 5.12 Å². The SMILES string of the molecule is Cc1ccc2[nH]c3cnc(C(=O)S)cc3c2c1.c1c[nH]cn1.c1c[nH]cn1. The highest BCUT2D eigenvalue weighted by Gasteiger charge is 2.08. The van der Waals surface area contributed by atoms with Crippen molar-refractivity contribution in [1.29, 1.82) is 0 Å². The summed E-state index contributed by atoms with van der Waals surface area (Å²) in [6, 6.07) is 7.96. The highest BCUT2D eigenvalue weighted by Crippen LogP contribution is 2.26. The number of H-pyrrole nitrogens is 3. The summed E-state index contributed by atoms with van der Waals surface area (Å²) in [4.78, 5) is 31.4. The maximum Gasteiger partial charge on any atom is 0.234 e. The number of imidazole rings is 2. The Morgan fingerprint density at radius 1 is 0.963 bits per heavy atom. The van der Waals surface area contributed by atoms with Crippen molar-refractivity contribution in [2.24, 2.45) is 0 Å². The molecule has 4 aromatic heterocycles. The van der Waals surface area contributed by atoms with Gasteiger partial charge in [-0.1, -0.05) is 24.3 Å². The van der Waals surface area contributed by atoms with E-state index >= 15 is 0 Å². The summed E-state index contributed by atoms with van der Waals surface area (Å²) in [6.45, 7) is 2.05. The van der Waals surface area contributed by atoms with Crippen LogP contribution in [0.25, 0.3) is 21.8 Å². The molecule has 0 unspecified atom stereocenters. The Bertz CT molecular complexity index is 1060. The van der Waals surface area contributed by atoms with Crippen LogP contribution in [0.4, 0.5) is 0 Å². The van der Waals surface area contributed by atoms with Crippen molar-refractivity contribution in [2.75, 3.05) is 0 Å². The van der Waals surface area contributed by atoms with Gasteiger partial charge in [0.05, 0.1) is 24.4 Å². The van der Waals surface area contributed by atoms with E-state index in [1.807, 2.05) is 13.0 Å². The van der Waals surface area contributed by atoms with E-state index in [4.69, 9.17) is 0 Å². The zero-order valence-corrected chi connectivity index (χ0v) is 15.4. The van der Waals surface area contributed by atoms with Gasteiger partial charge < -0.3 is 15.0 Å². The lowest BCUT2D eigenvalue weighted by Gasteiger charge is -1.95. The van der Waals surface area contributed by atoms with Crippen LogP contribution in [-0.4, -0.2) is 35.0 Å². The first-order chi connectivity index (χ1) is 13.1. The second-order valence-corrected chi connectivity index (χ2v) is 6.02. The number of pyridine rings is 1. The molecule has 0 aliphatic rings. The third kappa shape index (κ3) is 4.83. The maximum atomic E-state index is 11.2. The van der Waals surface area contributed by atoms with Crippen LogP contribution in [0.3, 0.4) is 0 Å². The third-order valence-corrected chi connectivity index (χ3v) is 3.90. The Kier molecular flexibility index (Phi) is 6.01. The van der Waals surface area contributed by atoms with E-state index < -0.39 is 0 Å². The minimum absolute atomic E-state index is 0.311. The number of benzene rings is 1. The summed E-state index contributed by atoms with van der Waals surface area (Å²) in [5.41, 5.74) is 3.55. The Morgan fingerprint density at radius 2 is 1.63 bits per heavy atom. The molecule has 0 aliphatic heterocycles. The lowest BCUT2D eigenvalue weighted by molar-refractivity contribution is 0.108. The highest BCUT2D eigenvalue weighted by molar-refractivity contribution is 7.97. The Balaban J connectivity index is 0.000000171. The van der Waals surface area contributed by atoms with Crippen molar-refractivity contribution in [3.05, 3.63) is 79.2 Å². The first kappa shape index (κ1) is 18.4. The minimum Gasteiger partial charge on any atom is -0.353 e. The van der Waals surface area contributed by atoms with Gasteiger partial charge in [-0.3, -0.25) is 4.79 Å². The Morgan fingerprint density at radius 3 is 2.15 bits per heavy atom. The van der Waals surface area contributed by atoms with Gasteiger partial charge in [-0.25, -0.2) is 15.0 Å². The van der Waals surface area contributed by atoms with Crippen LogP contribution in [0.15, 0.2) is 67.9 Å². The number of aromatic nitrogens is 6. The molecule has 1 aromatic carbocycles. The first-order valence-electron chi connectivity index (χ1n) is 8.12. The van der Waals surface area contributed by atoms with Gasteiger partial charge in [0.25, 0.3) is 0 Å². The van der Waals surface area contributed by atoms with Crippen molar-refractivity contribution >= 4 is 39.5 Å². The minimum atomic E-state index is -0.311. The van der Waals surface area contributed by atoms with Crippen LogP contribution in [0.1, 0.15) is 16.1 Å². The number of thiol groups is 1. The number of carbonyl (C=O) groups is 1. The van der Waals surface area contributed by atoms with E-state index in [1.54, 1.807) is 49.7 Å². The van der Waals surface area contributed by atoms with Gasteiger partial charge in [0.1, 0.15) is 5.69 Å². The average molecular weight is 378 g/mol. The lowest BCUT2D eigenvalue weighted by atomic mass is 10.1. The number of fused-ring (bicyclic) bond motifs is 3. The quantitative estimate of drug-likeness (QED) is 0.332. The van der Waals surface area contributed by atoms with Crippen LogP contribution in [0.5, 0.6) is 0 Å². The molecule has 3 N–H and O–H groups in total. The van der Waals surface area contributed by atoms with E-state index in [-0.39, 0.29) is 5.12 Å². The number of aryl methyl sites for hydroxylation is 1. The number of nitrogens with one attached hydrogen (secondary N) is 3. The van der Waals surface area contributed by atoms with Crippen LogP contribution >= 0.6 is 12.6 Å². The van der Waals surface area contributed by atoms with Crippen LogP contribution in [0, 0.1) is 6.92 Å². The monoisotopic (exact) mass is 378 g/mol. The number of nitrogens with zero attached hydrogens (tertiary/aromatic N) is 3. The molecule has 0 aliphatic carbocycles. The molecular weight excluding hydrogens is 360 g/mol. The van der Waals surface area contributed by atoms with Crippen molar-refractivity contribution in [1.82, 2.24) is 29.9 Å². The molecule has 5 aromatic rings. The van der Waals surface area contributed by atoms with Crippen molar-refractivity contribution in [2.45, 2.75) is 6.92 Å². The number of hydrogen-bond donors (Lipinski definition) is 4. The number of aromatic amines is 3. The molecule has 0 amide bonds. The van der Waals surface area contributed by atoms with Gasteiger partial charge in [-0.2, -0.15) is 0 Å². The molecule has 0 atom stereocenters. The lowest BCUT2D eigenvalue weighted by Crippen LogP contribution is -1.92. The molecule has 0 bridgehead atoms. The summed E-state index contributed by atoms with van der Waals surface area (Å²) in [5, 5.41) is 1.81. The number of carbonyl (C=O) groups excluding carboxylic acids is 1. The van der Waals surface area contributed by atoms with E-state index in [9.17, 15) is 4.79 Å². The predicted molar refractivity (Wildman–Crippen MR) is 109 cm³/mol. The number of rotatable bonds is 1. The van der Waals surface area contributed by atoms with Crippen LogP contribution in [-0.2, 0) is 0 Å². The molecule has 5 rings (SSSR count). The predicted octanol–water partition coefficient (Wildman–Crippen LogP) is 3.91. The third-order valence-electron chi connectivity index (χ3n) is 3.67. The second-order valence-electron chi connectivity index (χ2n) is 5.62. The largest absolute Gasteiger partial charge is 0.353 e. The maximum absolute atomic E-state index is 11.2. The smallest absolute Gasteiger partial charge is 0.234 e. The molecule has 4 heterocycles. The number of hydrogen-bond acceptors (Lipinski definition) is 4. The zero-order chi connectivity index (χ0) is 19.1. The molecule has 0 radical (unpaired) electrons. The second kappa shape index (κ2) is 8.81. The fraction of sp³-hybridized carbons (Fsp3) is 0.0526. The molecule has 0 saturated heterocycles. The Hall–Kier alpha value is -3.39. The summed E-state index contributed by atoms with van der Waals surface area (Å²) in [6.07, 6.45) is 11.8. The molecule has 8 heteroatoms. The molecular formula is C19H18N6OS. The van der Waals surface area contributed by atoms with Gasteiger partial charge in [0, 0.05) is 41.1 Å². The summed E-state index contributed by atoms with van der Waals surface area (Å²) < 4.78 is 0. The standard InChI is InChI=1S/C13H10N2OS.2C3H4N2/c1-7-2-3-10-8(4-7)9-5-11(13(16)17)14-6-12(9)15-10;2*1-2-5-3-4-1/h2-6,15H,1H3,(H,16,17);2*1-3H,(H,4,5). The van der Waals surface area contributed by atoms with Crippen molar-refractivity contribution in [3.8, 4) is 0 Å². The topological polar surface area (TPSA) is 103 Å². The fourth-order valence-electron chi connectivity index (χ4n) is 2.46. The van der Waals surface area contributed by atoms with Gasteiger partial charge in [-0.05, 0) is 25.1 Å². The normalized spacial score (nSPS) is 10.0. The van der Waals surface area contributed by atoms with E-state index in [2.05, 4.69) is 54.7 Å². The van der Waals surface area contributed by atoms with Crippen LogP contribution < -0.4 is 0 Å². The molecule has 0 spiro atoms. The fourth-order valence-corrected chi connectivity index (χ4v) is 2.58. The van der Waals surface area contributed by atoms with Gasteiger partial charge in [-0.15, -0.1) is 0 Å². The summed E-state index contributed by atoms with van der Waals surface area (Å²) in [7, 11) is 0.